The molecule has 0 unspecified atom stereocenters. The van der Waals surface area contributed by atoms with Gasteiger partial charge < -0.3 is 10.5 Å². The molecule has 6 nitrogen and oxygen atoms in total. The highest BCUT2D eigenvalue weighted by molar-refractivity contribution is 7.91. The molecule has 8 heteroatoms. The smallest absolute Gasteiger partial charge is 0.221 e. The summed E-state index contributed by atoms with van der Waals surface area (Å²) >= 11 is 5.88. The molecule has 0 spiro atoms. The third kappa shape index (κ3) is 3.50. The van der Waals surface area contributed by atoms with Gasteiger partial charge in [0.25, 0.3) is 0 Å². The molecule has 0 atom stereocenters. The van der Waals surface area contributed by atoms with Crippen molar-refractivity contribution < 1.29 is 17.9 Å². The molecule has 0 aliphatic rings. The molecule has 21 heavy (non-hydrogen) atoms. The zero-order valence-corrected chi connectivity index (χ0v) is 12.5. The molecule has 1 aromatic carbocycles. The first-order chi connectivity index (χ1) is 9.79. The number of carbonyl (C=O) groups excluding carboxylic acids is 1. The van der Waals surface area contributed by atoms with E-state index in [1.54, 1.807) is 0 Å². The van der Waals surface area contributed by atoms with Gasteiger partial charge in [-0.15, -0.1) is 0 Å². The average Bonchev–Trinajstić information content (AvgIpc) is 2.37. The van der Waals surface area contributed by atoms with E-state index in [1.165, 1.54) is 43.5 Å². The topological polar surface area (TPSA) is 90.2 Å². The van der Waals surface area contributed by atoms with Crippen LogP contribution in [0.5, 0.6) is 0 Å². The lowest BCUT2D eigenvalue weighted by molar-refractivity contribution is -0.607. The number of aromatic nitrogens is 1. The van der Waals surface area contributed by atoms with E-state index in [0.29, 0.717) is 4.73 Å². The number of hydrogen-bond acceptors (Lipinski definition) is 4. The molecule has 0 saturated heterocycles. The molecule has 0 bridgehead atoms. The number of nitrogens with one attached hydrogen (secondary N) is 1. The Kier molecular flexibility index (Phi) is 4.15. The summed E-state index contributed by atoms with van der Waals surface area (Å²) in [5, 5.41) is 13.8. The fraction of sp³-hybridized carbons (Fsp3) is 0.0769. The van der Waals surface area contributed by atoms with Crippen LogP contribution in [0.1, 0.15) is 6.92 Å². The lowest BCUT2D eigenvalue weighted by Gasteiger charge is -2.08. The molecule has 0 aliphatic heterocycles. The second-order valence-electron chi connectivity index (χ2n) is 4.26. The highest BCUT2D eigenvalue weighted by Gasteiger charge is 2.21. The largest absolute Gasteiger partial charge is 0.619 e. The third-order valence-electron chi connectivity index (χ3n) is 2.56. The Hall–Kier alpha value is -2.12. The molecule has 1 N–H and O–H groups in total. The van der Waals surface area contributed by atoms with E-state index >= 15 is 0 Å². The Labute approximate surface area is 126 Å². The first kappa shape index (κ1) is 15.3. The maximum Gasteiger partial charge on any atom is 0.221 e. The molecule has 0 aliphatic carbocycles. The number of pyridine rings is 1. The number of carbonyl (C=O) groups is 1. The summed E-state index contributed by atoms with van der Waals surface area (Å²) in [6.45, 7) is 1.30. The number of hydrogen-bond donors (Lipinski definition) is 1. The van der Waals surface area contributed by atoms with Crippen LogP contribution in [0.3, 0.4) is 0 Å². The van der Waals surface area contributed by atoms with Gasteiger partial charge >= 0.3 is 0 Å². The van der Waals surface area contributed by atoms with Crippen LogP contribution < -0.4 is 10.0 Å². The van der Waals surface area contributed by atoms with E-state index in [9.17, 15) is 18.4 Å². The highest BCUT2D eigenvalue weighted by Crippen LogP contribution is 2.26. The minimum atomic E-state index is -3.90. The van der Waals surface area contributed by atoms with Gasteiger partial charge in [-0.1, -0.05) is 11.6 Å². The summed E-state index contributed by atoms with van der Waals surface area (Å²) in [6, 6.07) is 6.61. The molecule has 110 valence electrons. The summed E-state index contributed by atoms with van der Waals surface area (Å²) in [5.74, 6) is -0.349. The van der Waals surface area contributed by atoms with Crippen molar-refractivity contribution in [2.45, 2.75) is 16.7 Å². The van der Waals surface area contributed by atoms with Crippen molar-refractivity contribution in [2.75, 3.05) is 5.32 Å². The van der Waals surface area contributed by atoms with E-state index in [2.05, 4.69) is 5.32 Å². The Morgan fingerprint density at radius 2 is 2.00 bits per heavy atom. The van der Waals surface area contributed by atoms with Crippen LogP contribution >= 0.6 is 11.6 Å². The molecule has 0 radical (unpaired) electrons. The lowest BCUT2D eigenvalue weighted by atomic mass is 10.3. The molecular formula is C13H11ClN2O4S. The van der Waals surface area contributed by atoms with Gasteiger partial charge in [-0.25, -0.2) is 8.42 Å². The molecule has 1 amide bonds. The third-order valence-corrected chi connectivity index (χ3v) is 4.50. The monoisotopic (exact) mass is 326 g/mol. The van der Waals surface area contributed by atoms with Crippen LogP contribution in [-0.4, -0.2) is 14.3 Å². The maximum atomic E-state index is 12.5. The van der Waals surface area contributed by atoms with E-state index < -0.39 is 9.84 Å². The highest BCUT2D eigenvalue weighted by atomic mass is 35.5. The van der Waals surface area contributed by atoms with E-state index in [1.807, 2.05) is 0 Å². The number of sulfone groups is 1. The van der Waals surface area contributed by atoms with Crippen LogP contribution in [-0.2, 0) is 14.6 Å². The van der Waals surface area contributed by atoms with E-state index in [0.717, 1.165) is 6.20 Å². The van der Waals surface area contributed by atoms with Gasteiger partial charge in [0, 0.05) is 23.7 Å². The SMILES string of the molecule is CC(=O)Nc1cc(Cl)cc(S(=O)(=O)c2ccc[n+]([O-])c2)c1. The van der Waals surface area contributed by atoms with Gasteiger partial charge in [0.05, 0.1) is 4.90 Å². The summed E-state index contributed by atoms with van der Waals surface area (Å²) < 4.78 is 25.3. The maximum absolute atomic E-state index is 12.5. The second kappa shape index (κ2) is 5.71. The number of nitrogens with zero attached hydrogens (tertiary/aromatic N) is 1. The van der Waals surface area contributed by atoms with Crippen LogP contribution in [0.25, 0.3) is 0 Å². The predicted molar refractivity (Wildman–Crippen MR) is 76.6 cm³/mol. The van der Waals surface area contributed by atoms with Gasteiger partial charge in [0.2, 0.25) is 15.7 Å². The molecule has 0 saturated carbocycles. The molecule has 2 rings (SSSR count). The van der Waals surface area contributed by atoms with Crippen molar-refractivity contribution in [1.82, 2.24) is 0 Å². The van der Waals surface area contributed by atoms with Gasteiger partial charge in [-0.3, -0.25) is 4.79 Å². The summed E-state index contributed by atoms with van der Waals surface area (Å²) in [5.41, 5.74) is 0.263. The number of halogens is 1. The Morgan fingerprint density at radius 1 is 1.29 bits per heavy atom. The van der Waals surface area contributed by atoms with Gasteiger partial charge in [-0.05, 0) is 24.3 Å². The van der Waals surface area contributed by atoms with Crippen molar-refractivity contribution in [3.05, 3.63) is 53.0 Å². The Bertz CT molecular complexity index is 806. The zero-order valence-electron chi connectivity index (χ0n) is 10.9. The van der Waals surface area contributed by atoms with Gasteiger partial charge in [0.1, 0.15) is 4.90 Å². The van der Waals surface area contributed by atoms with Crippen molar-refractivity contribution in [2.24, 2.45) is 0 Å². The minimum Gasteiger partial charge on any atom is -0.619 e. The zero-order chi connectivity index (χ0) is 15.6. The van der Waals surface area contributed by atoms with Crippen LogP contribution in [0.15, 0.2) is 52.5 Å². The summed E-state index contributed by atoms with van der Waals surface area (Å²) in [6.07, 6.45) is 2.13. The number of benzene rings is 1. The van der Waals surface area contributed by atoms with Gasteiger partial charge in [0.15, 0.2) is 12.4 Å². The standard InChI is InChI=1S/C13H11ClN2O4S/c1-9(17)15-11-5-10(14)6-13(7-11)21(19,20)12-3-2-4-16(18)8-12/h2-8H,1H3,(H,15,17). The first-order valence-corrected chi connectivity index (χ1v) is 7.67. The Balaban J connectivity index is 2.54. The van der Waals surface area contributed by atoms with Crippen molar-refractivity contribution in [3.63, 3.8) is 0 Å². The summed E-state index contributed by atoms with van der Waals surface area (Å²) in [4.78, 5) is 10.8. The van der Waals surface area contributed by atoms with E-state index in [4.69, 9.17) is 11.6 Å². The van der Waals surface area contributed by atoms with Crippen molar-refractivity contribution in [3.8, 4) is 0 Å². The number of rotatable bonds is 3. The second-order valence-corrected chi connectivity index (χ2v) is 6.65. The molecule has 0 fully saturated rings. The van der Waals surface area contributed by atoms with Crippen LogP contribution in [0, 0.1) is 5.21 Å². The summed E-state index contributed by atoms with van der Waals surface area (Å²) in [7, 11) is -3.90. The lowest BCUT2D eigenvalue weighted by Crippen LogP contribution is -2.25. The fourth-order valence-corrected chi connectivity index (χ4v) is 3.36. The quantitative estimate of drug-likeness (QED) is 0.687. The predicted octanol–water partition coefficient (Wildman–Crippen LogP) is 1.76. The van der Waals surface area contributed by atoms with Gasteiger partial charge in [-0.2, -0.15) is 4.73 Å². The molecule has 1 aromatic heterocycles. The first-order valence-electron chi connectivity index (χ1n) is 5.81. The molecule has 1 heterocycles. The number of anilines is 1. The number of amides is 1. The van der Waals surface area contributed by atoms with Crippen molar-refractivity contribution >= 4 is 33.0 Å². The minimum absolute atomic E-state index is 0.107. The van der Waals surface area contributed by atoms with Crippen LogP contribution in [0.2, 0.25) is 5.02 Å². The molecular weight excluding hydrogens is 316 g/mol. The normalized spacial score (nSPS) is 11.1. The molecule has 2 aromatic rings. The van der Waals surface area contributed by atoms with Crippen LogP contribution in [0.4, 0.5) is 5.69 Å². The average molecular weight is 327 g/mol. The fourth-order valence-electron chi connectivity index (χ4n) is 1.72. The Morgan fingerprint density at radius 3 is 2.62 bits per heavy atom. The van der Waals surface area contributed by atoms with E-state index in [-0.39, 0.29) is 26.4 Å². The van der Waals surface area contributed by atoms with Crippen molar-refractivity contribution in [1.29, 1.82) is 0 Å².